The Bertz CT molecular complexity index is 620. The molecule has 2 aromatic rings. The van der Waals surface area contributed by atoms with Gasteiger partial charge in [0.2, 0.25) is 6.79 Å². The number of halogens is 2. The van der Waals surface area contributed by atoms with Crippen molar-refractivity contribution in [2.45, 2.75) is 6.54 Å². The van der Waals surface area contributed by atoms with Crippen molar-refractivity contribution < 1.29 is 9.47 Å². The van der Waals surface area contributed by atoms with Crippen LogP contribution in [0.2, 0.25) is 0 Å². The lowest BCUT2D eigenvalue weighted by Gasteiger charge is -2.10. The van der Waals surface area contributed by atoms with Gasteiger partial charge in [0, 0.05) is 17.2 Å². The van der Waals surface area contributed by atoms with Gasteiger partial charge >= 0.3 is 0 Å². The molecule has 0 aliphatic carbocycles. The Kier molecular flexibility index (Phi) is 3.61. The van der Waals surface area contributed by atoms with Gasteiger partial charge in [0.1, 0.15) is 4.60 Å². The van der Waals surface area contributed by atoms with Crippen LogP contribution in [-0.4, -0.2) is 11.8 Å². The minimum Gasteiger partial charge on any atom is -0.454 e. The fraction of sp³-hybridized carbons (Fsp3) is 0.154. The Hall–Kier alpha value is -1.27. The maximum Gasteiger partial charge on any atom is 0.231 e. The van der Waals surface area contributed by atoms with Crippen molar-refractivity contribution in [2.24, 2.45) is 0 Å². The van der Waals surface area contributed by atoms with E-state index in [0.29, 0.717) is 6.54 Å². The predicted molar refractivity (Wildman–Crippen MR) is 79.5 cm³/mol. The molecule has 1 aromatic heterocycles. The van der Waals surface area contributed by atoms with Crippen molar-refractivity contribution in [3.05, 3.63) is 45.1 Å². The predicted octanol–water partition coefficient (Wildman–Crippen LogP) is 3.95. The van der Waals surface area contributed by atoms with Gasteiger partial charge in [0.15, 0.2) is 11.5 Å². The van der Waals surface area contributed by atoms with Crippen LogP contribution in [0.1, 0.15) is 5.56 Å². The van der Waals surface area contributed by atoms with E-state index in [4.69, 9.17) is 9.47 Å². The van der Waals surface area contributed by atoms with E-state index in [9.17, 15) is 0 Å². The first kappa shape index (κ1) is 12.7. The molecule has 4 nitrogen and oxygen atoms in total. The van der Waals surface area contributed by atoms with Gasteiger partial charge < -0.3 is 14.8 Å². The zero-order chi connectivity index (χ0) is 13.2. The summed E-state index contributed by atoms with van der Waals surface area (Å²) < 4.78 is 12.5. The van der Waals surface area contributed by atoms with Crippen molar-refractivity contribution in [2.75, 3.05) is 12.1 Å². The molecule has 3 rings (SSSR count). The van der Waals surface area contributed by atoms with Crippen molar-refractivity contribution in [3.8, 4) is 11.5 Å². The summed E-state index contributed by atoms with van der Waals surface area (Å²) in [5.74, 6) is 1.56. The summed E-state index contributed by atoms with van der Waals surface area (Å²) in [4.78, 5) is 4.17. The van der Waals surface area contributed by atoms with Crippen LogP contribution in [0.25, 0.3) is 0 Å². The number of hydrogen-bond donors (Lipinski definition) is 1. The van der Waals surface area contributed by atoms with Crippen LogP contribution in [0.4, 0.5) is 5.69 Å². The summed E-state index contributed by atoms with van der Waals surface area (Å²) >= 11 is 6.95. The number of fused-ring (bicyclic) bond motifs is 1. The maximum atomic E-state index is 5.38. The molecular formula is C13H10Br2N2O2. The molecule has 1 aliphatic heterocycles. The van der Waals surface area contributed by atoms with Crippen molar-refractivity contribution in [3.63, 3.8) is 0 Å². The summed E-state index contributed by atoms with van der Waals surface area (Å²) in [6.45, 7) is 0.953. The number of anilines is 1. The molecule has 0 atom stereocenters. The van der Waals surface area contributed by atoms with Crippen LogP contribution in [0, 0.1) is 0 Å². The van der Waals surface area contributed by atoms with E-state index >= 15 is 0 Å². The molecule has 19 heavy (non-hydrogen) atoms. The number of nitrogens with one attached hydrogen (secondary N) is 1. The minimum absolute atomic E-state index is 0.285. The zero-order valence-electron chi connectivity index (χ0n) is 9.82. The molecule has 1 aromatic carbocycles. The average molecular weight is 386 g/mol. The lowest BCUT2D eigenvalue weighted by Crippen LogP contribution is -2.01. The third-order valence-electron chi connectivity index (χ3n) is 2.77. The number of pyridine rings is 1. The highest BCUT2D eigenvalue weighted by atomic mass is 79.9. The molecule has 1 aliphatic rings. The van der Waals surface area contributed by atoms with Gasteiger partial charge in [-0.25, -0.2) is 4.98 Å². The molecule has 0 saturated heterocycles. The molecule has 2 heterocycles. The lowest BCUT2D eigenvalue weighted by molar-refractivity contribution is 0.174. The van der Waals surface area contributed by atoms with E-state index < -0.39 is 0 Å². The molecule has 0 fully saturated rings. The van der Waals surface area contributed by atoms with Gasteiger partial charge in [-0.05, 0) is 45.8 Å². The topological polar surface area (TPSA) is 43.4 Å². The summed E-state index contributed by atoms with van der Waals surface area (Å²) in [6, 6.07) is 7.76. The fourth-order valence-electron chi connectivity index (χ4n) is 1.80. The lowest BCUT2D eigenvalue weighted by atomic mass is 10.2. The maximum absolute atomic E-state index is 5.38. The van der Waals surface area contributed by atoms with Gasteiger partial charge in [0.25, 0.3) is 0 Å². The van der Waals surface area contributed by atoms with Crippen LogP contribution >= 0.6 is 31.9 Å². The Morgan fingerprint density at radius 3 is 2.79 bits per heavy atom. The van der Waals surface area contributed by atoms with Crippen molar-refractivity contribution in [1.82, 2.24) is 4.98 Å². The molecule has 0 radical (unpaired) electrons. The quantitative estimate of drug-likeness (QED) is 0.812. The zero-order valence-corrected chi connectivity index (χ0v) is 13.0. The summed E-state index contributed by atoms with van der Waals surface area (Å²) in [5.41, 5.74) is 2.05. The van der Waals surface area contributed by atoms with Gasteiger partial charge in [0.05, 0.1) is 5.69 Å². The van der Waals surface area contributed by atoms with Gasteiger partial charge in [-0.2, -0.15) is 0 Å². The molecule has 0 bridgehead atoms. The number of benzene rings is 1. The van der Waals surface area contributed by atoms with Crippen LogP contribution in [0.15, 0.2) is 39.5 Å². The van der Waals surface area contributed by atoms with E-state index in [0.717, 1.165) is 31.8 Å². The molecule has 6 heteroatoms. The normalized spacial score (nSPS) is 12.5. The highest BCUT2D eigenvalue weighted by Gasteiger charge is 2.16. The van der Waals surface area contributed by atoms with Crippen LogP contribution < -0.4 is 14.8 Å². The van der Waals surface area contributed by atoms with Gasteiger partial charge in [-0.15, -0.1) is 0 Å². The number of nitrogens with zero attached hydrogens (tertiary/aromatic N) is 1. The fourth-order valence-corrected chi connectivity index (χ4v) is 2.66. The monoisotopic (exact) mass is 384 g/mol. The molecule has 0 amide bonds. The third-order valence-corrected chi connectivity index (χ3v) is 4.14. The first-order chi connectivity index (χ1) is 9.24. The number of rotatable bonds is 3. The smallest absolute Gasteiger partial charge is 0.231 e. The molecule has 1 N–H and O–H groups in total. The van der Waals surface area contributed by atoms with Crippen LogP contribution in [0.3, 0.4) is 0 Å². The standard InChI is InChI=1S/C13H10Br2N2O2/c14-9-5-12-11(18-7-19-12)4-8(9)6-17-10-2-1-3-16-13(10)15/h1-5,17H,6-7H2. The second-order valence-corrected chi connectivity index (χ2v) is 5.60. The number of aromatic nitrogens is 1. The molecule has 0 spiro atoms. The van der Waals surface area contributed by atoms with Crippen LogP contribution in [0.5, 0.6) is 11.5 Å². The SMILES string of the molecule is Brc1cc2c(cc1CNc1cccnc1Br)OCO2. The second kappa shape index (κ2) is 5.38. The molecule has 0 saturated carbocycles. The van der Waals surface area contributed by atoms with E-state index in [1.165, 1.54) is 0 Å². The first-order valence-corrected chi connectivity index (χ1v) is 7.25. The van der Waals surface area contributed by atoms with E-state index in [-0.39, 0.29) is 6.79 Å². The highest BCUT2D eigenvalue weighted by molar-refractivity contribution is 9.10. The summed E-state index contributed by atoms with van der Waals surface area (Å²) in [7, 11) is 0. The number of hydrogen-bond acceptors (Lipinski definition) is 4. The van der Waals surface area contributed by atoms with Gasteiger partial charge in [-0.1, -0.05) is 15.9 Å². The van der Waals surface area contributed by atoms with E-state index in [2.05, 4.69) is 42.2 Å². The molecular weight excluding hydrogens is 376 g/mol. The molecule has 0 unspecified atom stereocenters. The Morgan fingerprint density at radius 1 is 1.21 bits per heavy atom. The summed E-state index contributed by atoms with van der Waals surface area (Å²) in [6.07, 6.45) is 1.74. The molecule has 98 valence electrons. The van der Waals surface area contributed by atoms with Crippen molar-refractivity contribution >= 4 is 37.5 Å². The summed E-state index contributed by atoms with van der Waals surface area (Å²) in [5, 5.41) is 3.33. The van der Waals surface area contributed by atoms with Gasteiger partial charge in [-0.3, -0.25) is 0 Å². The third kappa shape index (κ3) is 2.69. The Labute approximate surface area is 127 Å². The highest BCUT2D eigenvalue weighted by Crippen LogP contribution is 2.37. The Balaban J connectivity index is 1.79. The minimum atomic E-state index is 0.285. The number of ether oxygens (including phenoxy) is 2. The largest absolute Gasteiger partial charge is 0.454 e. The first-order valence-electron chi connectivity index (χ1n) is 5.66. The second-order valence-electron chi connectivity index (χ2n) is 3.99. The van der Waals surface area contributed by atoms with Crippen molar-refractivity contribution in [1.29, 1.82) is 0 Å². The van der Waals surface area contributed by atoms with E-state index in [1.807, 2.05) is 24.3 Å². The Morgan fingerprint density at radius 2 is 2.00 bits per heavy atom. The van der Waals surface area contributed by atoms with Crippen LogP contribution in [-0.2, 0) is 6.54 Å². The van der Waals surface area contributed by atoms with E-state index in [1.54, 1.807) is 6.20 Å². The average Bonchev–Trinajstić information content (AvgIpc) is 2.84.